The summed E-state index contributed by atoms with van der Waals surface area (Å²) >= 11 is 2.02. The van der Waals surface area contributed by atoms with Crippen molar-refractivity contribution in [2.45, 2.75) is 82.3 Å². The van der Waals surface area contributed by atoms with Crippen LogP contribution in [0, 0.1) is 0 Å². The van der Waals surface area contributed by atoms with Crippen LogP contribution in [-0.4, -0.2) is 23.9 Å². The summed E-state index contributed by atoms with van der Waals surface area (Å²) in [4.78, 5) is 12.9. The number of unbranched alkanes of at least 4 members (excludes halogenated alkanes) is 2. The predicted octanol–water partition coefficient (Wildman–Crippen LogP) is 7.67. The lowest BCUT2D eigenvalue weighted by Crippen LogP contribution is -2.33. The van der Waals surface area contributed by atoms with Crippen molar-refractivity contribution in [3.05, 3.63) is 59.7 Å². The third-order valence-corrected chi connectivity index (χ3v) is 6.53. The lowest BCUT2D eigenvalue weighted by atomic mass is 9.77. The lowest BCUT2D eigenvalue weighted by molar-refractivity contribution is 0.0526. The van der Waals surface area contributed by atoms with Crippen LogP contribution in [0.25, 0.3) is 0 Å². The number of hydrogen-bond donors (Lipinski definition) is 0. The molecule has 0 aliphatic carbocycles. The average molecular weight is 443 g/mol. The van der Waals surface area contributed by atoms with Gasteiger partial charge in [-0.3, -0.25) is 0 Å². The topological polar surface area (TPSA) is 35.5 Å². The van der Waals surface area contributed by atoms with Crippen molar-refractivity contribution < 1.29 is 14.3 Å². The van der Waals surface area contributed by atoms with E-state index in [1.807, 2.05) is 11.8 Å². The number of rotatable bonds is 7. The van der Waals surface area contributed by atoms with Crippen LogP contribution in [0.4, 0.5) is 0 Å². The molecule has 4 heteroatoms. The largest absolute Gasteiger partial charge is 0.494 e. The first-order valence-corrected chi connectivity index (χ1v) is 12.2. The van der Waals surface area contributed by atoms with Crippen LogP contribution in [-0.2, 0) is 10.2 Å². The van der Waals surface area contributed by atoms with E-state index in [-0.39, 0.29) is 5.97 Å². The van der Waals surface area contributed by atoms with Crippen LogP contribution < -0.4 is 4.74 Å². The molecule has 1 aliphatic heterocycles. The first-order valence-electron chi connectivity index (χ1n) is 11.4. The van der Waals surface area contributed by atoms with Gasteiger partial charge in [-0.05, 0) is 61.1 Å². The fraction of sp³-hybridized carbons (Fsp3) is 0.519. The van der Waals surface area contributed by atoms with Crippen molar-refractivity contribution in [1.29, 1.82) is 0 Å². The number of carbonyl (C=O) groups is 1. The number of hydrogen-bond acceptors (Lipinski definition) is 4. The van der Waals surface area contributed by atoms with Gasteiger partial charge < -0.3 is 9.47 Å². The molecule has 0 bridgehead atoms. The molecule has 0 aromatic heterocycles. The Morgan fingerprint density at radius 3 is 2.29 bits per heavy atom. The second kappa shape index (κ2) is 11.6. The molecule has 0 N–H and O–H groups in total. The summed E-state index contributed by atoms with van der Waals surface area (Å²) < 4.78 is 10.8. The minimum Gasteiger partial charge on any atom is -0.494 e. The van der Waals surface area contributed by atoms with E-state index in [2.05, 4.69) is 58.9 Å². The summed E-state index contributed by atoms with van der Waals surface area (Å²) in [7, 11) is 0. The summed E-state index contributed by atoms with van der Waals surface area (Å²) in [5.41, 5.74) is 2.41. The van der Waals surface area contributed by atoms with Gasteiger partial charge in [0.2, 0.25) is 0 Å². The summed E-state index contributed by atoms with van der Waals surface area (Å²) in [5.74, 6) is 0.513. The summed E-state index contributed by atoms with van der Waals surface area (Å²) in [5, 5.41) is 0. The maximum atomic E-state index is 11.4. The van der Waals surface area contributed by atoms with Crippen LogP contribution in [0.3, 0.4) is 0 Å². The monoisotopic (exact) mass is 442 g/mol. The van der Waals surface area contributed by atoms with Crippen LogP contribution in [0.15, 0.2) is 53.4 Å². The second-order valence-electron chi connectivity index (χ2n) is 9.22. The molecule has 1 aliphatic rings. The highest BCUT2D eigenvalue weighted by molar-refractivity contribution is 8.00. The molecule has 0 radical (unpaired) electrons. The molecule has 0 unspecified atom stereocenters. The average Bonchev–Trinajstić information content (AvgIpc) is 2.71. The van der Waals surface area contributed by atoms with Gasteiger partial charge in [0.15, 0.2) is 0 Å². The molecule has 1 heterocycles. The highest BCUT2D eigenvalue weighted by Crippen LogP contribution is 2.50. The Kier molecular flexibility index (Phi) is 9.49. The molecule has 0 saturated carbocycles. The van der Waals surface area contributed by atoms with E-state index in [1.54, 1.807) is 31.2 Å². The fourth-order valence-corrected chi connectivity index (χ4v) is 5.68. The van der Waals surface area contributed by atoms with Gasteiger partial charge >= 0.3 is 5.97 Å². The molecule has 170 valence electrons. The number of fused-ring (bicyclic) bond motifs is 1. The van der Waals surface area contributed by atoms with Gasteiger partial charge in [0.05, 0.1) is 18.8 Å². The van der Waals surface area contributed by atoms with E-state index >= 15 is 0 Å². The number of thioether (sulfide) groups is 1. The standard InChI is InChI=1S/C14H20O3.C13H18S/c1-3-5-6-11-17-13-9-7-12(8-10-13)14(15)16-4-2;1-12(2)9-13(3,4)14-11-8-6-5-7-10(11)12/h7-10H,3-6,11H2,1-2H3;5-8H,9H2,1-4H3. The van der Waals surface area contributed by atoms with Gasteiger partial charge in [-0.2, -0.15) is 0 Å². The summed E-state index contributed by atoms with van der Waals surface area (Å²) in [6.07, 6.45) is 4.68. The van der Waals surface area contributed by atoms with Crippen LogP contribution in [0.1, 0.15) is 83.1 Å². The third kappa shape index (κ3) is 7.92. The number of benzene rings is 2. The number of carbonyl (C=O) groups excluding carboxylic acids is 1. The predicted molar refractivity (Wildman–Crippen MR) is 131 cm³/mol. The molecule has 0 atom stereocenters. The van der Waals surface area contributed by atoms with Gasteiger partial charge in [-0.25, -0.2) is 4.79 Å². The molecule has 0 amide bonds. The molecular formula is C27H38O3S. The second-order valence-corrected chi connectivity index (χ2v) is 11.0. The molecular weight excluding hydrogens is 404 g/mol. The quantitative estimate of drug-likeness (QED) is 0.325. The Hall–Kier alpha value is -1.94. The van der Waals surface area contributed by atoms with E-state index in [0.717, 1.165) is 18.8 Å². The van der Waals surface area contributed by atoms with Crippen LogP contribution in [0.5, 0.6) is 5.75 Å². The highest BCUT2D eigenvalue weighted by Gasteiger charge is 2.37. The van der Waals surface area contributed by atoms with Gasteiger partial charge in [0, 0.05) is 9.64 Å². The van der Waals surface area contributed by atoms with Crippen molar-refractivity contribution >= 4 is 17.7 Å². The molecule has 3 rings (SSSR count). The Balaban J connectivity index is 0.000000224. The van der Waals surface area contributed by atoms with Crippen molar-refractivity contribution in [3.63, 3.8) is 0 Å². The zero-order chi connectivity index (χ0) is 22.9. The van der Waals surface area contributed by atoms with Gasteiger partial charge in [0.25, 0.3) is 0 Å². The van der Waals surface area contributed by atoms with E-state index in [1.165, 1.54) is 29.7 Å². The van der Waals surface area contributed by atoms with Crippen molar-refractivity contribution in [2.24, 2.45) is 0 Å². The fourth-order valence-electron chi connectivity index (χ4n) is 4.05. The highest BCUT2D eigenvalue weighted by atomic mass is 32.2. The molecule has 0 saturated heterocycles. The van der Waals surface area contributed by atoms with Crippen LogP contribution in [0.2, 0.25) is 0 Å². The number of ether oxygens (including phenoxy) is 2. The summed E-state index contributed by atoms with van der Waals surface area (Å²) in [6, 6.07) is 15.9. The van der Waals surface area contributed by atoms with Crippen molar-refractivity contribution in [3.8, 4) is 5.75 Å². The molecule has 3 nitrogen and oxygen atoms in total. The molecule has 2 aromatic rings. The van der Waals surface area contributed by atoms with Crippen LogP contribution >= 0.6 is 11.8 Å². The van der Waals surface area contributed by atoms with Crippen molar-refractivity contribution in [1.82, 2.24) is 0 Å². The lowest BCUT2D eigenvalue weighted by Gasteiger charge is -2.41. The van der Waals surface area contributed by atoms with E-state index in [9.17, 15) is 4.79 Å². The smallest absolute Gasteiger partial charge is 0.338 e. The molecule has 2 aromatic carbocycles. The summed E-state index contributed by atoms with van der Waals surface area (Å²) in [6.45, 7) is 14.5. The maximum Gasteiger partial charge on any atom is 0.338 e. The first-order chi connectivity index (χ1) is 14.7. The van der Waals surface area contributed by atoms with Gasteiger partial charge in [-0.15, -0.1) is 11.8 Å². The third-order valence-electron chi connectivity index (χ3n) is 5.25. The Morgan fingerprint density at radius 2 is 1.65 bits per heavy atom. The van der Waals surface area contributed by atoms with Gasteiger partial charge in [0.1, 0.15) is 5.75 Å². The normalized spacial score (nSPS) is 15.8. The zero-order valence-corrected chi connectivity index (χ0v) is 20.8. The SMILES string of the molecule is CC1(C)CC(C)(C)c2ccccc2S1.CCCCCOc1ccc(C(=O)OCC)cc1. The molecule has 0 spiro atoms. The maximum absolute atomic E-state index is 11.4. The Morgan fingerprint density at radius 1 is 0.968 bits per heavy atom. The van der Waals surface area contributed by atoms with E-state index in [0.29, 0.717) is 22.3 Å². The Bertz CT molecular complexity index is 825. The molecule has 0 fully saturated rings. The Labute approximate surface area is 192 Å². The zero-order valence-electron chi connectivity index (χ0n) is 20.0. The van der Waals surface area contributed by atoms with E-state index in [4.69, 9.17) is 9.47 Å². The minimum absolute atomic E-state index is 0.287. The molecule has 31 heavy (non-hydrogen) atoms. The number of esters is 1. The minimum atomic E-state index is -0.287. The van der Waals surface area contributed by atoms with Crippen molar-refractivity contribution in [2.75, 3.05) is 13.2 Å². The van der Waals surface area contributed by atoms with Gasteiger partial charge in [-0.1, -0.05) is 65.7 Å². The first kappa shape index (κ1) is 25.3. The van der Waals surface area contributed by atoms with E-state index < -0.39 is 0 Å².